The second kappa shape index (κ2) is 3.67. The van der Waals surface area contributed by atoms with Crippen LogP contribution in [0.15, 0.2) is 16.7 Å². The molecule has 0 saturated heterocycles. The van der Waals surface area contributed by atoms with Crippen LogP contribution in [0.4, 0.5) is 5.82 Å². The molecule has 0 atom stereocenters. The Balaban J connectivity index is 3.22. The summed E-state index contributed by atoms with van der Waals surface area (Å²) in [6.07, 6.45) is 2.42. The molecule has 0 amide bonds. The van der Waals surface area contributed by atoms with Crippen molar-refractivity contribution in [3.63, 3.8) is 0 Å². The van der Waals surface area contributed by atoms with Gasteiger partial charge in [-0.1, -0.05) is 0 Å². The van der Waals surface area contributed by atoms with E-state index in [-0.39, 0.29) is 0 Å². The second-order valence-electron chi connectivity index (χ2n) is 2.55. The van der Waals surface area contributed by atoms with Gasteiger partial charge >= 0.3 is 0 Å². The van der Waals surface area contributed by atoms with Crippen molar-refractivity contribution < 1.29 is 4.79 Å². The molecule has 1 heterocycles. The highest BCUT2D eigenvalue weighted by molar-refractivity contribution is 9.10. The van der Waals surface area contributed by atoms with E-state index < -0.39 is 0 Å². The van der Waals surface area contributed by atoms with Crippen LogP contribution in [0.1, 0.15) is 10.4 Å². The van der Waals surface area contributed by atoms with E-state index in [1.54, 1.807) is 12.3 Å². The van der Waals surface area contributed by atoms with Crippen LogP contribution >= 0.6 is 15.9 Å². The minimum Gasteiger partial charge on any atom is -0.362 e. The number of carbonyl (C=O) groups is 1. The van der Waals surface area contributed by atoms with Crippen LogP contribution in [0.2, 0.25) is 0 Å². The number of pyridine rings is 1. The molecular weight excluding hydrogens is 220 g/mol. The molecule has 0 aliphatic rings. The maximum Gasteiger partial charge on any atom is 0.151 e. The lowest BCUT2D eigenvalue weighted by Crippen LogP contribution is -2.11. The molecule has 0 unspecified atom stereocenters. The van der Waals surface area contributed by atoms with Crippen LogP contribution < -0.4 is 4.90 Å². The third kappa shape index (κ3) is 1.64. The summed E-state index contributed by atoms with van der Waals surface area (Å²) in [7, 11) is 3.75. The number of nitrogens with zero attached hydrogens (tertiary/aromatic N) is 2. The van der Waals surface area contributed by atoms with E-state index in [2.05, 4.69) is 20.9 Å². The minimum atomic E-state index is 0.619. The van der Waals surface area contributed by atoms with Crippen LogP contribution in [-0.4, -0.2) is 25.4 Å². The maximum atomic E-state index is 10.5. The fraction of sp³-hybridized carbons (Fsp3) is 0.250. The third-order valence-electron chi connectivity index (χ3n) is 1.45. The number of halogens is 1. The van der Waals surface area contributed by atoms with Gasteiger partial charge in [-0.3, -0.25) is 4.79 Å². The van der Waals surface area contributed by atoms with Gasteiger partial charge in [0, 0.05) is 25.9 Å². The SMILES string of the molecule is CN(C)c1nccc(C=O)c1Br. The van der Waals surface area contributed by atoms with Crippen LogP contribution in [0, 0.1) is 0 Å². The van der Waals surface area contributed by atoms with Gasteiger partial charge in [0.1, 0.15) is 5.82 Å². The number of hydrogen-bond acceptors (Lipinski definition) is 3. The fourth-order valence-electron chi connectivity index (χ4n) is 0.850. The van der Waals surface area contributed by atoms with Gasteiger partial charge in [-0.15, -0.1) is 0 Å². The Morgan fingerprint density at radius 1 is 1.58 bits per heavy atom. The molecule has 3 nitrogen and oxygen atoms in total. The number of rotatable bonds is 2. The lowest BCUT2D eigenvalue weighted by atomic mass is 10.3. The summed E-state index contributed by atoms with van der Waals surface area (Å²) in [4.78, 5) is 16.5. The van der Waals surface area contributed by atoms with Gasteiger partial charge in [-0.25, -0.2) is 4.98 Å². The van der Waals surface area contributed by atoms with Crippen LogP contribution in [-0.2, 0) is 0 Å². The van der Waals surface area contributed by atoms with Crippen molar-refractivity contribution in [2.24, 2.45) is 0 Å². The Bertz CT molecular complexity index is 299. The molecule has 0 aromatic carbocycles. The van der Waals surface area contributed by atoms with Crippen molar-refractivity contribution in [2.75, 3.05) is 19.0 Å². The van der Waals surface area contributed by atoms with Gasteiger partial charge < -0.3 is 4.90 Å². The average Bonchev–Trinajstić information content (AvgIpc) is 2.04. The Kier molecular flexibility index (Phi) is 2.81. The first-order valence-corrected chi connectivity index (χ1v) is 4.23. The maximum absolute atomic E-state index is 10.5. The predicted octanol–water partition coefficient (Wildman–Crippen LogP) is 1.72. The zero-order chi connectivity index (χ0) is 9.14. The summed E-state index contributed by atoms with van der Waals surface area (Å²) in [5.41, 5.74) is 0.619. The Morgan fingerprint density at radius 2 is 2.25 bits per heavy atom. The second-order valence-corrected chi connectivity index (χ2v) is 3.34. The van der Waals surface area contributed by atoms with Crippen LogP contribution in [0.25, 0.3) is 0 Å². The van der Waals surface area contributed by atoms with E-state index in [1.807, 2.05) is 19.0 Å². The number of carbonyl (C=O) groups excluding carboxylic acids is 1. The summed E-state index contributed by atoms with van der Waals surface area (Å²) in [5.74, 6) is 0.764. The van der Waals surface area contributed by atoms with Gasteiger partial charge in [-0.05, 0) is 22.0 Å². The minimum absolute atomic E-state index is 0.619. The van der Waals surface area contributed by atoms with E-state index in [0.29, 0.717) is 5.56 Å². The fourth-order valence-corrected chi connectivity index (χ4v) is 1.53. The molecule has 1 rings (SSSR count). The van der Waals surface area contributed by atoms with E-state index in [9.17, 15) is 4.79 Å². The number of aromatic nitrogens is 1. The summed E-state index contributed by atoms with van der Waals surface area (Å²) in [5, 5.41) is 0. The highest BCUT2D eigenvalue weighted by Crippen LogP contribution is 2.24. The number of aldehydes is 1. The molecule has 0 aliphatic heterocycles. The number of hydrogen-bond donors (Lipinski definition) is 0. The molecule has 0 radical (unpaired) electrons. The molecular formula is C8H9BrN2O. The molecule has 0 saturated carbocycles. The van der Waals surface area contributed by atoms with Crippen molar-refractivity contribution in [3.8, 4) is 0 Å². The highest BCUT2D eigenvalue weighted by Gasteiger charge is 2.06. The average molecular weight is 229 g/mol. The molecule has 0 spiro atoms. The van der Waals surface area contributed by atoms with Crippen LogP contribution in [0.5, 0.6) is 0 Å². The number of anilines is 1. The molecule has 0 bridgehead atoms. The third-order valence-corrected chi connectivity index (χ3v) is 2.26. The molecule has 64 valence electrons. The predicted molar refractivity (Wildman–Crippen MR) is 51.7 cm³/mol. The summed E-state index contributed by atoms with van der Waals surface area (Å²) in [6.45, 7) is 0. The molecule has 1 aromatic heterocycles. The van der Waals surface area contributed by atoms with Gasteiger partial charge in [0.25, 0.3) is 0 Å². The molecule has 4 heteroatoms. The molecule has 0 aliphatic carbocycles. The van der Waals surface area contributed by atoms with E-state index in [0.717, 1.165) is 16.6 Å². The lowest BCUT2D eigenvalue weighted by Gasteiger charge is -2.13. The first-order chi connectivity index (χ1) is 5.66. The zero-order valence-corrected chi connectivity index (χ0v) is 8.50. The van der Waals surface area contributed by atoms with Crippen molar-refractivity contribution in [1.29, 1.82) is 0 Å². The smallest absolute Gasteiger partial charge is 0.151 e. The molecule has 12 heavy (non-hydrogen) atoms. The summed E-state index contributed by atoms with van der Waals surface area (Å²) in [6, 6.07) is 1.67. The lowest BCUT2D eigenvalue weighted by molar-refractivity contribution is 0.112. The van der Waals surface area contributed by atoms with E-state index in [1.165, 1.54) is 0 Å². The van der Waals surface area contributed by atoms with Gasteiger partial charge in [0.05, 0.1) is 4.47 Å². The zero-order valence-electron chi connectivity index (χ0n) is 6.91. The van der Waals surface area contributed by atoms with Crippen molar-refractivity contribution in [1.82, 2.24) is 4.98 Å². The van der Waals surface area contributed by atoms with Gasteiger partial charge in [-0.2, -0.15) is 0 Å². The van der Waals surface area contributed by atoms with Gasteiger partial charge in [0.15, 0.2) is 6.29 Å². The first kappa shape index (κ1) is 9.19. The monoisotopic (exact) mass is 228 g/mol. The quantitative estimate of drug-likeness (QED) is 0.724. The Hall–Kier alpha value is -0.900. The van der Waals surface area contributed by atoms with Gasteiger partial charge in [0.2, 0.25) is 0 Å². The van der Waals surface area contributed by atoms with E-state index >= 15 is 0 Å². The van der Waals surface area contributed by atoms with Crippen molar-refractivity contribution >= 4 is 28.0 Å². The normalized spacial score (nSPS) is 9.58. The molecule has 0 fully saturated rings. The Labute approximate surface area is 79.5 Å². The van der Waals surface area contributed by atoms with Crippen molar-refractivity contribution in [2.45, 2.75) is 0 Å². The first-order valence-electron chi connectivity index (χ1n) is 3.44. The summed E-state index contributed by atoms with van der Waals surface area (Å²) < 4.78 is 0.741. The topological polar surface area (TPSA) is 33.2 Å². The summed E-state index contributed by atoms with van der Waals surface area (Å²) >= 11 is 3.31. The van der Waals surface area contributed by atoms with Crippen LogP contribution in [0.3, 0.4) is 0 Å². The highest BCUT2D eigenvalue weighted by atomic mass is 79.9. The molecule has 0 N–H and O–H groups in total. The largest absolute Gasteiger partial charge is 0.362 e. The molecule has 1 aromatic rings. The van der Waals surface area contributed by atoms with E-state index in [4.69, 9.17) is 0 Å². The Morgan fingerprint density at radius 3 is 2.75 bits per heavy atom. The standard InChI is InChI=1S/C8H9BrN2O/c1-11(2)8-7(9)6(5-12)3-4-10-8/h3-5H,1-2H3. The van der Waals surface area contributed by atoms with Crippen molar-refractivity contribution in [3.05, 3.63) is 22.3 Å².